The molecule has 0 aliphatic carbocycles. The van der Waals surface area contributed by atoms with Gasteiger partial charge in [-0.25, -0.2) is 4.98 Å². The highest BCUT2D eigenvalue weighted by molar-refractivity contribution is 6.38. The maximum Gasteiger partial charge on any atom is 0.247 e. The van der Waals surface area contributed by atoms with Crippen LogP contribution in [-0.4, -0.2) is 23.8 Å². The van der Waals surface area contributed by atoms with Gasteiger partial charge in [0.1, 0.15) is 0 Å². The van der Waals surface area contributed by atoms with E-state index < -0.39 is 5.79 Å². The number of fused-ring (bicyclic) bond motifs is 1. The van der Waals surface area contributed by atoms with Crippen LogP contribution in [-0.2, 0) is 21.8 Å². The zero-order valence-corrected chi connectivity index (χ0v) is 13.6. The van der Waals surface area contributed by atoms with Crippen molar-refractivity contribution in [3.8, 4) is 0 Å². The van der Waals surface area contributed by atoms with E-state index in [2.05, 4.69) is 4.98 Å². The minimum absolute atomic E-state index is 0.363. The second kappa shape index (κ2) is 5.93. The molecule has 2 heterocycles. The van der Waals surface area contributed by atoms with Crippen molar-refractivity contribution in [2.45, 2.75) is 12.3 Å². The summed E-state index contributed by atoms with van der Waals surface area (Å²) in [5.41, 5.74) is 0. The Labute approximate surface area is 137 Å². The average Bonchev–Trinajstić information content (AvgIpc) is 3.14. The summed E-state index contributed by atoms with van der Waals surface area (Å²) < 4.78 is 18.8. The van der Waals surface area contributed by atoms with Crippen LogP contribution in [0.4, 0.5) is 0 Å². The minimum atomic E-state index is -1.13. The maximum atomic E-state index is 6.34. The second-order valence-electron chi connectivity index (χ2n) is 4.81. The zero-order valence-electron chi connectivity index (χ0n) is 12.0. The highest BCUT2D eigenvalue weighted by Crippen LogP contribution is 2.39. The summed E-state index contributed by atoms with van der Waals surface area (Å²) in [6.45, 7) is 0.363. The Kier molecular flexibility index (Phi) is 4.14. The molecule has 3 aromatic rings. The average molecular weight is 341 g/mol. The third-order valence-corrected chi connectivity index (χ3v) is 4.09. The monoisotopic (exact) mass is 340 g/mol. The Morgan fingerprint density at radius 3 is 2.68 bits per heavy atom. The number of rotatable bonds is 5. The van der Waals surface area contributed by atoms with Crippen molar-refractivity contribution in [1.29, 1.82) is 0 Å². The van der Waals surface area contributed by atoms with Crippen LogP contribution in [0.2, 0.25) is 10.0 Å². The summed E-state index contributed by atoms with van der Waals surface area (Å²) >= 11 is 12.4. The molecule has 5 nitrogen and oxygen atoms in total. The van der Waals surface area contributed by atoms with E-state index in [-0.39, 0.29) is 0 Å². The minimum Gasteiger partial charge on any atom is -0.462 e. The number of benzene rings is 1. The van der Waals surface area contributed by atoms with Gasteiger partial charge >= 0.3 is 0 Å². The van der Waals surface area contributed by atoms with Crippen LogP contribution in [0, 0.1) is 0 Å². The lowest BCUT2D eigenvalue weighted by atomic mass is 10.1. The number of aromatic nitrogens is 2. The van der Waals surface area contributed by atoms with Crippen LogP contribution in [0.25, 0.3) is 10.8 Å². The van der Waals surface area contributed by atoms with Gasteiger partial charge in [-0.3, -0.25) is 0 Å². The predicted octanol–water partition coefficient (Wildman–Crippen LogP) is 4.08. The molecule has 0 saturated carbocycles. The molecule has 0 aliphatic heterocycles. The lowest BCUT2D eigenvalue weighted by Crippen LogP contribution is -2.35. The van der Waals surface area contributed by atoms with Crippen LogP contribution < -0.4 is 0 Å². The van der Waals surface area contributed by atoms with E-state index in [1.165, 1.54) is 0 Å². The second-order valence-corrected chi connectivity index (χ2v) is 5.66. The van der Waals surface area contributed by atoms with Gasteiger partial charge in [0.05, 0.1) is 24.2 Å². The van der Waals surface area contributed by atoms with Gasteiger partial charge in [-0.15, -0.1) is 0 Å². The van der Waals surface area contributed by atoms with Gasteiger partial charge in [-0.1, -0.05) is 23.2 Å². The quantitative estimate of drug-likeness (QED) is 0.656. The Balaban J connectivity index is 2.16. The smallest absolute Gasteiger partial charge is 0.247 e. The van der Waals surface area contributed by atoms with Crippen molar-refractivity contribution in [2.75, 3.05) is 14.2 Å². The van der Waals surface area contributed by atoms with E-state index >= 15 is 0 Å². The van der Waals surface area contributed by atoms with Crippen molar-refractivity contribution >= 4 is 34.0 Å². The van der Waals surface area contributed by atoms with Gasteiger partial charge < -0.3 is 18.5 Å². The molecular formula is C15H14Cl2N2O3. The molecule has 0 saturated heterocycles. The molecule has 0 unspecified atom stereocenters. The van der Waals surface area contributed by atoms with Crippen molar-refractivity contribution in [3.63, 3.8) is 0 Å². The van der Waals surface area contributed by atoms with Crippen LogP contribution in [0.5, 0.6) is 0 Å². The molecule has 1 aromatic carbocycles. The number of hydrogen-bond donors (Lipinski definition) is 0. The van der Waals surface area contributed by atoms with Crippen LogP contribution in [0.3, 0.4) is 0 Å². The SMILES string of the molecule is COC(Cn1ccnc1)(OC)c1occ2cc(Cl)cc(Cl)c12. The van der Waals surface area contributed by atoms with E-state index in [9.17, 15) is 0 Å². The normalized spacial score (nSPS) is 12.2. The maximum absolute atomic E-state index is 6.34. The molecule has 0 spiro atoms. The summed E-state index contributed by atoms with van der Waals surface area (Å²) in [4.78, 5) is 4.03. The summed E-state index contributed by atoms with van der Waals surface area (Å²) in [5, 5.41) is 2.53. The lowest BCUT2D eigenvalue weighted by molar-refractivity contribution is -0.234. The van der Waals surface area contributed by atoms with Gasteiger partial charge in [0, 0.05) is 42.4 Å². The number of furan rings is 1. The number of nitrogens with zero attached hydrogens (tertiary/aromatic N) is 2. The molecule has 0 fully saturated rings. The number of ether oxygens (including phenoxy) is 2. The molecule has 0 aliphatic rings. The largest absolute Gasteiger partial charge is 0.462 e. The van der Waals surface area contributed by atoms with Crippen LogP contribution in [0.1, 0.15) is 5.76 Å². The number of hydrogen-bond acceptors (Lipinski definition) is 4. The van der Waals surface area contributed by atoms with E-state index in [1.54, 1.807) is 45.1 Å². The Morgan fingerprint density at radius 2 is 2.05 bits per heavy atom. The van der Waals surface area contributed by atoms with Crippen molar-refractivity contribution in [3.05, 3.63) is 52.9 Å². The van der Waals surface area contributed by atoms with Gasteiger partial charge in [0.25, 0.3) is 0 Å². The van der Waals surface area contributed by atoms with Gasteiger partial charge in [-0.05, 0) is 12.1 Å². The number of methoxy groups -OCH3 is 2. The molecule has 0 N–H and O–H groups in total. The van der Waals surface area contributed by atoms with Gasteiger partial charge in [0.15, 0.2) is 5.76 Å². The number of halogens is 2. The lowest BCUT2D eigenvalue weighted by Gasteiger charge is -2.29. The van der Waals surface area contributed by atoms with Crippen LogP contribution >= 0.6 is 23.2 Å². The molecular weight excluding hydrogens is 327 g/mol. The summed E-state index contributed by atoms with van der Waals surface area (Å²) in [6.07, 6.45) is 6.76. The third kappa shape index (κ3) is 2.50. The fourth-order valence-electron chi connectivity index (χ4n) is 2.48. The van der Waals surface area contributed by atoms with Gasteiger partial charge in [0.2, 0.25) is 5.79 Å². The van der Waals surface area contributed by atoms with Crippen LogP contribution in [0.15, 0.2) is 41.5 Å². The standard InChI is InChI=1S/C15H14Cl2N2O3/c1-20-15(21-2,8-19-4-3-18-9-19)14-13-10(7-22-14)5-11(16)6-12(13)17/h3-7,9H,8H2,1-2H3. The molecule has 7 heteroatoms. The molecule has 0 atom stereocenters. The van der Waals surface area contributed by atoms with Crippen molar-refractivity contribution in [2.24, 2.45) is 0 Å². The summed E-state index contributed by atoms with van der Waals surface area (Å²) in [5.74, 6) is -0.636. The first kappa shape index (κ1) is 15.4. The summed E-state index contributed by atoms with van der Waals surface area (Å²) in [7, 11) is 3.11. The summed E-state index contributed by atoms with van der Waals surface area (Å²) in [6, 6.07) is 3.45. The van der Waals surface area contributed by atoms with E-state index in [0.717, 1.165) is 10.8 Å². The van der Waals surface area contributed by atoms with Gasteiger partial charge in [-0.2, -0.15) is 0 Å². The zero-order chi connectivity index (χ0) is 15.7. The molecule has 0 amide bonds. The molecule has 3 rings (SSSR count). The number of imidazole rings is 1. The topological polar surface area (TPSA) is 49.4 Å². The molecule has 2 aromatic heterocycles. The van der Waals surface area contributed by atoms with E-state index in [0.29, 0.717) is 22.4 Å². The van der Waals surface area contributed by atoms with E-state index in [1.807, 2.05) is 10.8 Å². The van der Waals surface area contributed by atoms with Crippen molar-refractivity contribution in [1.82, 2.24) is 9.55 Å². The highest BCUT2D eigenvalue weighted by Gasteiger charge is 2.38. The Morgan fingerprint density at radius 1 is 1.27 bits per heavy atom. The van der Waals surface area contributed by atoms with E-state index in [4.69, 9.17) is 37.1 Å². The first-order chi connectivity index (χ1) is 10.6. The van der Waals surface area contributed by atoms with Crippen molar-refractivity contribution < 1.29 is 13.9 Å². The fraction of sp³-hybridized carbons (Fsp3) is 0.267. The third-order valence-electron chi connectivity index (χ3n) is 3.57. The predicted molar refractivity (Wildman–Crippen MR) is 84.2 cm³/mol. The first-order valence-electron chi connectivity index (χ1n) is 6.52. The molecule has 0 radical (unpaired) electrons. The highest BCUT2D eigenvalue weighted by atomic mass is 35.5. The molecule has 0 bridgehead atoms. The molecule has 116 valence electrons. The Bertz CT molecular complexity index is 780. The fourth-order valence-corrected chi connectivity index (χ4v) is 3.07. The first-order valence-corrected chi connectivity index (χ1v) is 7.28. The molecule has 22 heavy (non-hydrogen) atoms. The Hall–Kier alpha value is -1.53.